The number of carbonyl (C=O) groups excluding carboxylic acids is 1. The number of methoxy groups -OCH3 is 1. The van der Waals surface area contributed by atoms with E-state index in [1.54, 1.807) is 25.6 Å². The molecule has 1 amide bonds. The highest BCUT2D eigenvalue weighted by molar-refractivity contribution is 5.79. The van der Waals surface area contributed by atoms with Crippen molar-refractivity contribution in [1.82, 2.24) is 9.88 Å². The number of piperidine rings is 2. The quantitative estimate of drug-likeness (QED) is 0.564. The van der Waals surface area contributed by atoms with Gasteiger partial charge in [-0.15, -0.1) is 0 Å². The van der Waals surface area contributed by atoms with E-state index in [2.05, 4.69) is 41.4 Å². The van der Waals surface area contributed by atoms with Crippen molar-refractivity contribution in [3.8, 4) is 16.9 Å². The maximum absolute atomic E-state index is 13.4. The predicted octanol–water partition coefficient (Wildman–Crippen LogP) is 5.24. The van der Waals surface area contributed by atoms with Crippen LogP contribution in [0.15, 0.2) is 67.0 Å². The number of pyridine rings is 1. The normalized spacial score (nSPS) is 25.0. The Morgan fingerprint density at radius 2 is 1.66 bits per heavy atom. The second-order valence-electron chi connectivity index (χ2n) is 9.97. The molecule has 180 valence electrons. The second kappa shape index (κ2) is 8.68. The maximum atomic E-state index is 13.4. The van der Waals surface area contributed by atoms with Crippen molar-refractivity contribution >= 4 is 6.09 Å². The number of carbonyl (C=O) groups is 1. The second-order valence-corrected chi connectivity index (χ2v) is 9.97. The minimum absolute atomic E-state index is 0.0348. The predicted molar refractivity (Wildman–Crippen MR) is 132 cm³/mol. The van der Waals surface area contributed by atoms with Crippen molar-refractivity contribution in [3.05, 3.63) is 83.7 Å². The number of aromatic nitrogens is 1. The first-order valence-electron chi connectivity index (χ1n) is 12.4. The molecule has 0 radical (unpaired) electrons. The topological polar surface area (TPSA) is 71.9 Å². The van der Waals surface area contributed by atoms with Crippen molar-refractivity contribution in [2.24, 2.45) is 0 Å². The standard InChI is InChI=1S/C29H30N2O4/c1-34-27-13-14-30-17-26(27)29(33)15-19-7-6-8-20(16-29)31(19)28(32)35-18-25-23-11-4-2-9-21(23)22-10-3-5-12-24(22)25/h2-5,9-14,17,19-20,25,33H,6-8,15-16,18H2,1H3. The number of aliphatic hydroxyl groups is 1. The number of nitrogens with zero attached hydrogens (tertiary/aromatic N) is 2. The van der Waals surface area contributed by atoms with Gasteiger partial charge in [0.1, 0.15) is 12.4 Å². The van der Waals surface area contributed by atoms with Gasteiger partial charge in [0.05, 0.1) is 12.7 Å². The van der Waals surface area contributed by atoms with E-state index in [0.717, 1.165) is 19.3 Å². The van der Waals surface area contributed by atoms with E-state index in [0.29, 0.717) is 30.8 Å². The summed E-state index contributed by atoms with van der Waals surface area (Å²) in [6, 6.07) is 18.4. The van der Waals surface area contributed by atoms with Crippen LogP contribution in [0.1, 0.15) is 54.7 Å². The van der Waals surface area contributed by atoms with E-state index in [1.807, 2.05) is 17.0 Å². The van der Waals surface area contributed by atoms with Crippen LogP contribution in [0, 0.1) is 0 Å². The molecule has 6 nitrogen and oxygen atoms in total. The summed E-state index contributed by atoms with van der Waals surface area (Å²) >= 11 is 0. The van der Waals surface area contributed by atoms with Gasteiger partial charge in [0, 0.05) is 48.8 Å². The van der Waals surface area contributed by atoms with Crippen LogP contribution in [0.3, 0.4) is 0 Å². The molecule has 2 fully saturated rings. The summed E-state index contributed by atoms with van der Waals surface area (Å²) in [7, 11) is 1.61. The van der Waals surface area contributed by atoms with Crippen molar-refractivity contribution in [3.63, 3.8) is 0 Å². The lowest BCUT2D eigenvalue weighted by molar-refractivity contribution is -0.0900. The minimum Gasteiger partial charge on any atom is -0.496 e. The number of fused-ring (bicyclic) bond motifs is 5. The first-order valence-corrected chi connectivity index (χ1v) is 12.4. The summed E-state index contributed by atoms with van der Waals surface area (Å²) in [5.74, 6) is 0.669. The number of rotatable bonds is 4. The van der Waals surface area contributed by atoms with Crippen LogP contribution in [0.2, 0.25) is 0 Å². The summed E-state index contributed by atoms with van der Waals surface area (Å²) < 4.78 is 11.5. The Morgan fingerprint density at radius 1 is 1.03 bits per heavy atom. The van der Waals surface area contributed by atoms with Gasteiger partial charge in [0.25, 0.3) is 0 Å². The maximum Gasteiger partial charge on any atom is 0.410 e. The van der Waals surface area contributed by atoms with E-state index in [9.17, 15) is 9.90 Å². The van der Waals surface area contributed by atoms with Gasteiger partial charge < -0.3 is 19.5 Å². The molecule has 3 aliphatic rings. The lowest BCUT2D eigenvalue weighted by Gasteiger charge is -2.51. The smallest absolute Gasteiger partial charge is 0.410 e. The molecule has 35 heavy (non-hydrogen) atoms. The molecule has 1 aliphatic carbocycles. The number of benzene rings is 2. The fourth-order valence-electron chi connectivity index (χ4n) is 6.52. The summed E-state index contributed by atoms with van der Waals surface area (Å²) in [6.45, 7) is 0.309. The number of ether oxygens (including phenoxy) is 2. The van der Waals surface area contributed by atoms with Crippen LogP contribution in [0.4, 0.5) is 4.79 Å². The molecule has 1 aromatic heterocycles. The highest BCUT2D eigenvalue weighted by Gasteiger charge is 2.50. The van der Waals surface area contributed by atoms with Gasteiger partial charge in [-0.25, -0.2) is 4.79 Å². The molecule has 2 unspecified atom stereocenters. The van der Waals surface area contributed by atoms with E-state index >= 15 is 0 Å². The fourth-order valence-corrected chi connectivity index (χ4v) is 6.52. The van der Waals surface area contributed by atoms with Gasteiger partial charge in [-0.05, 0) is 47.6 Å². The molecule has 6 rings (SSSR count). The van der Waals surface area contributed by atoms with Gasteiger partial charge in [-0.3, -0.25) is 4.98 Å². The summed E-state index contributed by atoms with van der Waals surface area (Å²) in [6.07, 6.45) is 6.74. The Kier molecular flexibility index (Phi) is 5.49. The summed E-state index contributed by atoms with van der Waals surface area (Å²) in [4.78, 5) is 19.6. The lowest BCUT2D eigenvalue weighted by atomic mass is 9.73. The van der Waals surface area contributed by atoms with Crippen LogP contribution >= 0.6 is 0 Å². The van der Waals surface area contributed by atoms with Crippen LogP contribution in [0.25, 0.3) is 11.1 Å². The molecule has 2 atom stereocenters. The number of hydrogen-bond donors (Lipinski definition) is 1. The Labute approximate surface area is 205 Å². The monoisotopic (exact) mass is 470 g/mol. The van der Waals surface area contributed by atoms with Crippen molar-refractivity contribution in [2.75, 3.05) is 13.7 Å². The van der Waals surface area contributed by atoms with Crippen molar-refractivity contribution in [1.29, 1.82) is 0 Å². The molecular weight excluding hydrogens is 440 g/mol. The lowest BCUT2D eigenvalue weighted by Crippen LogP contribution is -2.59. The molecule has 3 heterocycles. The SMILES string of the molecule is COc1ccncc1C1(O)CC2CCCC(C1)N2C(=O)OCC1c2ccccc2-c2ccccc21. The van der Waals surface area contributed by atoms with E-state index < -0.39 is 5.60 Å². The molecule has 1 N–H and O–H groups in total. The first kappa shape index (κ1) is 22.1. The van der Waals surface area contributed by atoms with Gasteiger partial charge in [0.15, 0.2) is 0 Å². The molecular formula is C29H30N2O4. The van der Waals surface area contributed by atoms with E-state index in [1.165, 1.54) is 22.3 Å². The van der Waals surface area contributed by atoms with Gasteiger partial charge >= 0.3 is 6.09 Å². The van der Waals surface area contributed by atoms with Gasteiger partial charge in [-0.2, -0.15) is 0 Å². The first-order chi connectivity index (χ1) is 17.1. The van der Waals surface area contributed by atoms with Crippen LogP contribution in [0.5, 0.6) is 5.75 Å². The molecule has 2 aromatic carbocycles. The van der Waals surface area contributed by atoms with Crippen molar-refractivity contribution < 1.29 is 19.4 Å². The third-order valence-corrected chi connectivity index (χ3v) is 8.06. The third-order valence-electron chi connectivity index (χ3n) is 8.06. The highest BCUT2D eigenvalue weighted by atomic mass is 16.6. The van der Waals surface area contributed by atoms with Crippen LogP contribution in [-0.4, -0.2) is 46.9 Å². The van der Waals surface area contributed by atoms with E-state index in [4.69, 9.17) is 9.47 Å². The molecule has 2 aliphatic heterocycles. The van der Waals surface area contributed by atoms with Gasteiger partial charge in [-0.1, -0.05) is 48.5 Å². The molecule has 3 aromatic rings. The van der Waals surface area contributed by atoms with Crippen LogP contribution < -0.4 is 4.74 Å². The fraction of sp³-hybridized carbons (Fsp3) is 0.379. The molecule has 0 spiro atoms. The molecule has 6 heteroatoms. The minimum atomic E-state index is -1.07. The molecule has 2 saturated heterocycles. The average Bonchev–Trinajstić information content (AvgIpc) is 3.20. The van der Waals surface area contributed by atoms with Gasteiger partial charge in [0.2, 0.25) is 0 Å². The zero-order valence-corrected chi connectivity index (χ0v) is 19.9. The zero-order valence-electron chi connectivity index (χ0n) is 19.9. The summed E-state index contributed by atoms with van der Waals surface area (Å²) in [5.41, 5.74) is 4.47. The van der Waals surface area contributed by atoms with Crippen molar-refractivity contribution in [2.45, 2.75) is 55.7 Å². The largest absolute Gasteiger partial charge is 0.496 e. The summed E-state index contributed by atoms with van der Waals surface area (Å²) in [5, 5.41) is 11.7. The Bertz CT molecular complexity index is 1200. The zero-order chi connectivity index (χ0) is 24.0. The Balaban J connectivity index is 1.21. The number of amides is 1. The Hall–Kier alpha value is -3.38. The molecule has 2 bridgehead atoms. The molecule has 0 saturated carbocycles. The average molecular weight is 471 g/mol. The highest BCUT2D eigenvalue weighted by Crippen LogP contribution is 2.47. The number of hydrogen-bond acceptors (Lipinski definition) is 5. The third kappa shape index (κ3) is 3.67. The van der Waals surface area contributed by atoms with E-state index in [-0.39, 0.29) is 24.1 Å². The van der Waals surface area contributed by atoms with Crippen LogP contribution in [-0.2, 0) is 10.3 Å². The Morgan fingerprint density at radius 3 is 2.29 bits per heavy atom.